The van der Waals surface area contributed by atoms with Crippen LogP contribution in [0.3, 0.4) is 0 Å². The molecule has 0 fully saturated rings. The highest BCUT2D eigenvalue weighted by Gasteiger charge is 2.13. The Hall–Kier alpha value is -1.92. The lowest BCUT2D eigenvalue weighted by Crippen LogP contribution is -2.25. The quantitative estimate of drug-likeness (QED) is 0.768. The maximum Gasteiger partial charge on any atom is 0.242 e. The van der Waals surface area contributed by atoms with Crippen LogP contribution >= 0.6 is 0 Å². The van der Waals surface area contributed by atoms with E-state index in [4.69, 9.17) is 0 Å². The summed E-state index contributed by atoms with van der Waals surface area (Å²) in [7, 11) is -1.75. The Labute approximate surface area is 125 Å². The van der Waals surface area contributed by atoms with Crippen molar-refractivity contribution >= 4 is 15.8 Å². The number of sulfonamides is 1. The zero-order valence-electron chi connectivity index (χ0n) is 11.9. The first-order valence-corrected chi connectivity index (χ1v) is 8.27. The minimum atomic E-state index is -3.48. The molecular formula is C15H19N3O2S. The van der Waals surface area contributed by atoms with E-state index in [1.54, 1.807) is 19.2 Å². The Morgan fingerprint density at radius 2 is 1.86 bits per heavy atom. The standard InChI is InChI=1S/C15H19N3O2S/c1-16-15-10-9-14(12-17-15)21(19,20)18-11-5-8-13-6-3-2-4-7-13/h2-4,6-7,9-10,12,18H,5,8,11H2,1H3,(H,16,17). The Bertz CT molecular complexity index is 655. The summed E-state index contributed by atoms with van der Waals surface area (Å²) < 4.78 is 26.7. The number of hydrogen-bond acceptors (Lipinski definition) is 4. The van der Waals surface area contributed by atoms with Crippen molar-refractivity contribution in [3.8, 4) is 0 Å². The first-order valence-electron chi connectivity index (χ1n) is 6.79. The van der Waals surface area contributed by atoms with Gasteiger partial charge in [0.05, 0.1) is 0 Å². The minimum absolute atomic E-state index is 0.182. The molecule has 1 aromatic carbocycles. The van der Waals surface area contributed by atoms with Crippen LogP contribution < -0.4 is 10.0 Å². The van der Waals surface area contributed by atoms with Gasteiger partial charge in [0.25, 0.3) is 0 Å². The molecule has 0 atom stereocenters. The molecule has 2 rings (SSSR count). The average Bonchev–Trinajstić information content (AvgIpc) is 2.53. The summed E-state index contributed by atoms with van der Waals surface area (Å²) in [6, 6.07) is 13.2. The van der Waals surface area contributed by atoms with Crippen LogP contribution in [0.1, 0.15) is 12.0 Å². The highest BCUT2D eigenvalue weighted by atomic mass is 32.2. The first-order chi connectivity index (χ1) is 10.1. The van der Waals surface area contributed by atoms with Crippen molar-refractivity contribution in [2.45, 2.75) is 17.7 Å². The van der Waals surface area contributed by atoms with Crippen molar-refractivity contribution in [3.63, 3.8) is 0 Å². The summed E-state index contributed by atoms with van der Waals surface area (Å²) in [4.78, 5) is 4.19. The van der Waals surface area contributed by atoms with Crippen molar-refractivity contribution in [3.05, 3.63) is 54.2 Å². The number of hydrogen-bond donors (Lipinski definition) is 2. The van der Waals surface area contributed by atoms with Gasteiger partial charge in [-0.2, -0.15) is 0 Å². The molecule has 112 valence electrons. The molecule has 0 aliphatic carbocycles. The second-order valence-electron chi connectivity index (χ2n) is 4.62. The molecule has 0 bridgehead atoms. The van der Waals surface area contributed by atoms with Crippen LogP contribution in [0, 0.1) is 0 Å². The van der Waals surface area contributed by atoms with Gasteiger partial charge in [0.2, 0.25) is 10.0 Å². The van der Waals surface area contributed by atoms with Crippen molar-refractivity contribution in [2.75, 3.05) is 18.9 Å². The van der Waals surface area contributed by atoms with Crippen LogP contribution in [0.25, 0.3) is 0 Å². The van der Waals surface area contributed by atoms with Gasteiger partial charge in [0.15, 0.2) is 0 Å². The van der Waals surface area contributed by atoms with E-state index >= 15 is 0 Å². The van der Waals surface area contributed by atoms with Crippen LogP contribution in [0.15, 0.2) is 53.6 Å². The molecule has 21 heavy (non-hydrogen) atoms. The molecular weight excluding hydrogens is 286 g/mol. The lowest BCUT2D eigenvalue weighted by atomic mass is 10.1. The highest BCUT2D eigenvalue weighted by Crippen LogP contribution is 2.10. The number of nitrogens with one attached hydrogen (secondary N) is 2. The number of anilines is 1. The minimum Gasteiger partial charge on any atom is -0.373 e. The van der Waals surface area contributed by atoms with Crippen LogP contribution in [-0.4, -0.2) is 27.0 Å². The lowest BCUT2D eigenvalue weighted by Gasteiger charge is -2.07. The van der Waals surface area contributed by atoms with Gasteiger partial charge < -0.3 is 5.32 Å². The summed E-state index contributed by atoms with van der Waals surface area (Å²) in [6.45, 7) is 0.408. The van der Waals surface area contributed by atoms with Gasteiger partial charge in [0, 0.05) is 19.8 Å². The summed E-state index contributed by atoms with van der Waals surface area (Å²) >= 11 is 0. The monoisotopic (exact) mass is 305 g/mol. The summed E-state index contributed by atoms with van der Waals surface area (Å²) in [5, 5.41) is 2.85. The van der Waals surface area contributed by atoms with Gasteiger partial charge in [-0.25, -0.2) is 18.1 Å². The second kappa shape index (κ2) is 7.19. The number of aromatic nitrogens is 1. The normalized spacial score (nSPS) is 11.3. The number of aryl methyl sites for hydroxylation is 1. The van der Waals surface area contributed by atoms with Gasteiger partial charge in [0.1, 0.15) is 10.7 Å². The Balaban J connectivity index is 1.86. The molecule has 5 nitrogen and oxygen atoms in total. The summed E-state index contributed by atoms with van der Waals surface area (Å²) in [6.07, 6.45) is 2.96. The molecule has 2 N–H and O–H groups in total. The van der Waals surface area contributed by atoms with Crippen LogP contribution in [0.4, 0.5) is 5.82 Å². The van der Waals surface area contributed by atoms with Crippen molar-refractivity contribution in [2.24, 2.45) is 0 Å². The van der Waals surface area contributed by atoms with Gasteiger partial charge in [-0.3, -0.25) is 0 Å². The third-order valence-corrected chi connectivity index (χ3v) is 4.53. The third-order valence-electron chi connectivity index (χ3n) is 3.08. The summed E-state index contributed by atoms with van der Waals surface area (Å²) in [5.74, 6) is 0.637. The molecule has 0 saturated heterocycles. The van der Waals surface area contributed by atoms with Crippen LogP contribution in [0.5, 0.6) is 0 Å². The topological polar surface area (TPSA) is 71.1 Å². The van der Waals surface area contributed by atoms with E-state index in [0.717, 1.165) is 12.8 Å². The molecule has 6 heteroatoms. The van der Waals surface area contributed by atoms with Crippen molar-refractivity contribution < 1.29 is 8.42 Å². The molecule has 0 spiro atoms. The molecule has 1 heterocycles. The predicted molar refractivity (Wildman–Crippen MR) is 83.7 cm³/mol. The van der Waals surface area contributed by atoms with Gasteiger partial charge in [-0.1, -0.05) is 30.3 Å². The molecule has 2 aromatic rings. The van der Waals surface area contributed by atoms with Crippen LogP contribution in [0.2, 0.25) is 0 Å². The lowest BCUT2D eigenvalue weighted by molar-refractivity contribution is 0.578. The maximum absolute atomic E-state index is 12.1. The van der Waals surface area contributed by atoms with E-state index in [1.165, 1.54) is 11.8 Å². The maximum atomic E-state index is 12.1. The fourth-order valence-electron chi connectivity index (χ4n) is 1.91. The molecule has 0 aliphatic heterocycles. The van der Waals surface area contributed by atoms with E-state index in [0.29, 0.717) is 12.4 Å². The van der Waals surface area contributed by atoms with Crippen molar-refractivity contribution in [1.82, 2.24) is 9.71 Å². The number of rotatable bonds is 7. The van der Waals surface area contributed by atoms with E-state index in [1.807, 2.05) is 30.3 Å². The first kappa shape index (κ1) is 15.5. The van der Waals surface area contributed by atoms with Crippen LogP contribution in [-0.2, 0) is 16.4 Å². The highest BCUT2D eigenvalue weighted by molar-refractivity contribution is 7.89. The number of nitrogens with zero attached hydrogens (tertiary/aromatic N) is 1. The smallest absolute Gasteiger partial charge is 0.242 e. The SMILES string of the molecule is CNc1ccc(S(=O)(=O)NCCCc2ccccc2)cn1. The third kappa shape index (κ3) is 4.54. The second-order valence-corrected chi connectivity index (χ2v) is 6.38. The van der Waals surface area contributed by atoms with Gasteiger partial charge in [-0.05, 0) is 30.5 Å². The van der Waals surface area contributed by atoms with Gasteiger partial charge >= 0.3 is 0 Å². The largest absolute Gasteiger partial charge is 0.373 e. The van der Waals surface area contributed by atoms with Crippen molar-refractivity contribution in [1.29, 1.82) is 0 Å². The zero-order chi connectivity index (χ0) is 15.1. The van der Waals surface area contributed by atoms with E-state index in [-0.39, 0.29) is 4.90 Å². The van der Waals surface area contributed by atoms with Gasteiger partial charge in [-0.15, -0.1) is 0 Å². The average molecular weight is 305 g/mol. The zero-order valence-corrected chi connectivity index (χ0v) is 12.7. The number of benzene rings is 1. The molecule has 0 saturated carbocycles. The Kier molecular flexibility index (Phi) is 5.30. The Morgan fingerprint density at radius 1 is 1.10 bits per heavy atom. The Morgan fingerprint density at radius 3 is 2.48 bits per heavy atom. The molecule has 0 aliphatic rings. The van der Waals surface area contributed by atoms with E-state index in [2.05, 4.69) is 15.0 Å². The fraction of sp³-hybridized carbons (Fsp3) is 0.267. The van der Waals surface area contributed by atoms with E-state index in [9.17, 15) is 8.42 Å². The fourth-order valence-corrected chi connectivity index (χ4v) is 2.93. The molecule has 0 unspecified atom stereocenters. The molecule has 1 aromatic heterocycles. The predicted octanol–water partition coefficient (Wildman–Crippen LogP) is 2.03. The number of pyridine rings is 1. The summed E-state index contributed by atoms with van der Waals surface area (Å²) in [5.41, 5.74) is 1.21. The molecule has 0 radical (unpaired) electrons. The molecule has 0 amide bonds. The van der Waals surface area contributed by atoms with E-state index < -0.39 is 10.0 Å².